The maximum atomic E-state index is 14.1. The van der Waals surface area contributed by atoms with Crippen molar-refractivity contribution in [2.24, 2.45) is 0 Å². The zero-order valence-corrected chi connectivity index (χ0v) is 11.1. The first-order valence-corrected chi connectivity index (χ1v) is 6.61. The summed E-state index contributed by atoms with van der Waals surface area (Å²) < 4.78 is 14.1. The van der Waals surface area contributed by atoms with Crippen LogP contribution in [0.3, 0.4) is 0 Å². The topological polar surface area (TPSA) is 12.0 Å². The summed E-state index contributed by atoms with van der Waals surface area (Å²) in [6, 6.07) is 5.76. The molecule has 94 valence electrons. The summed E-state index contributed by atoms with van der Waals surface area (Å²) in [5.41, 5.74) is 0.739. The van der Waals surface area contributed by atoms with E-state index in [-0.39, 0.29) is 16.3 Å². The van der Waals surface area contributed by atoms with Gasteiger partial charge in [-0.1, -0.05) is 44.0 Å². The van der Waals surface area contributed by atoms with Gasteiger partial charge in [0.05, 0.1) is 5.02 Å². The van der Waals surface area contributed by atoms with E-state index in [0.717, 1.165) is 24.9 Å². The molecule has 1 aliphatic carbocycles. The number of halogens is 2. The number of nitrogens with one attached hydrogen (secondary N) is 1. The molecule has 1 fully saturated rings. The van der Waals surface area contributed by atoms with Gasteiger partial charge in [-0.3, -0.25) is 0 Å². The minimum atomic E-state index is -0.237. The fraction of sp³-hybridized carbons (Fsp3) is 0.571. The molecule has 0 spiro atoms. The molecule has 0 aliphatic heterocycles. The predicted molar refractivity (Wildman–Crippen MR) is 70.1 cm³/mol. The van der Waals surface area contributed by atoms with E-state index >= 15 is 0 Å². The van der Waals surface area contributed by atoms with Gasteiger partial charge in [-0.05, 0) is 24.5 Å². The highest BCUT2D eigenvalue weighted by atomic mass is 35.5. The summed E-state index contributed by atoms with van der Waals surface area (Å²) in [6.07, 6.45) is 3.26. The zero-order chi connectivity index (χ0) is 12.5. The van der Waals surface area contributed by atoms with E-state index in [1.165, 1.54) is 6.42 Å². The van der Waals surface area contributed by atoms with Crippen molar-refractivity contribution >= 4 is 11.6 Å². The van der Waals surface area contributed by atoms with E-state index in [1.54, 1.807) is 6.07 Å². The first-order valence-electron chi connectivity index (χ1n) is 6.23. The summed E-state index contributed by atoms with van der Waals surface area (Å²) in [7, 11) is 0. The van der Waals surface area contributed by atoms with Crippen LogP contribution in [0.4, 0.5) is 4.39 Å². The molecule has 1 aromatic rings. The molecule has 1 aromatic carbocycles. The molecule has 0 heterocycles. The van der Waals surface area contributed by atoms with Crippen LogP contribution in [-0.4, -0.2) is 12.6 Å². The molecule has 0 unspecified atom stereocenters. The molecule has 0 radical (unpaired) electrons. The Labute approximate surface area is 107 Å². The highest BCUT2D eigenvalue weighted by Gasteiger charge is 2.40. The molecule has 3 heteroatoms. The monoisotopic (exact) mass is 255 g/mol. The average molecular weight is 256 g/mol. The lowest BCUT2D eigenvalue weighted by molar-refractivity contribution is 0.221. The van der Waals surface area contributed by atoms with Gasteiger partial charge < -0.3 is 5.32 Å². The van der Waals surface area contributed by atoms with Crippen LogP contribution in [0.2, 0.25) is 5.02 Å². The van der Waals surface area contributed by atoms with Crippen LogP contribution >= 0.6 is 11.6 Å². The molecule has 2 rings (SSSR count). The average Bonchev–Trinajstić information content (AvgIpc) is 2.22. The second-order valence-electron chi connectivity index (χ2n) is 5.27. The van der Waals surface area contributed by atoms with Crippen LogP contribution in [0.1, 0.15) is 38.7 Å². The normalized spacial score (nSPS) is 18.2. The van der Waals surface area contributed by atoms with Gasteiger partial charge >= 0.3 is 0 Å². The van der Waals surface area contributed by atoms with Gasteiger partial charge in [0.2, 0.25) is 0 Å². The van der Waals surface area contributed by atoms with Crippen molar-refractivity contribution in [2.75, 3.05) is 6.54 Å². The van der Waals surface area contributed by atoms with E-state index < -0.39 is 0 Å². The molecule has 0 amide bonds. The molecule has 17 heavy (non-hydrogen) atoms. The van der Waals surface area contributed by atoms with E-state index in [4.69, 9.17) is 11.6 Å². The Hall–Kier alpha value is -0.600. The number of hydrogen-bond donors (Lipinski definition) is 1. The second-order valence-corrected chi connectivity index (χ2v) is 5.68. The Bertz CT molecular complexity index is 399. The third-order valence-electron chi connectivity index (χ3n) is 3.68. The maximum Gasteiger partial charge on any atom is 0.145 e. The Morgan fingerprint density at radius 3 is 2.65 bits per heavy atom. The molecular formula is C14H19ClFN. The summed E-state index contributed by atoms with van der Waals surface area (Å²) in [6.45, 7) is 5.06. The first-order chi connectivity index (χ1) is 8.05. The molecule has 1 saturated carbocycles. The van der Waals surface area contributed by atoms with Crippen LogP contribution in [0.15, 0.2) is 18.2 Å². The van der Waals surface area contributed by atoms with Gasteiger partial charge in [-0.25, -0.2) is 4.39 Å². The molecule has 0 bridgehead atoms. The van der Waals surface area contributed by atoms with Gasteiger partial charge in [-0.2, -0.15) is 0 Å². The largest absolute Gasteiger partial charge is 0.314 e. The SMILES string of the molecule is CC(C)NCC1(c2cccc(Cl)c2F)CCC1. The molecular weight excluding hydrogens is 237 g/mol. The van der Waals surface area contributed by atoms with Crippen LogP contribution in [0.5, 0.6) is 0 Å². The third kappa shape index (κ3) is 2.48. The van der Waals surface area contributed by atoms with Crippen molar-refractivity contribution in [2.45, 2.75) is 44.6 Å². The number of benzene rings is 1. The Kier molecular flexibility index (Phi) is 3.74. The van der Waals surface area contributed by atoms with Gasteiger partial charge in [0.1, 0.15) is 5.82 Å². The van der Waals surface area contributed by atoms with Crippen LogP contribution < -0.4 is 5.32 Å². The van der Waals surface area contributed by atoms with Crippen molar-refractivity contribution < 1.29 is 4.39 Å². The lowest BCUT2D eigenvalue weighted by Gasteiger charge is -2.43. The number of rotatable bonds is 4. The molecule has 1 aliphatic rings. The van der Waals surface area contributed by atoms with Crippen molar-refractivity contribution in [3.63, 3.8) is 0 Å². The van der Waals surface area contributed by atoms with Crippen molar-refractivity contribution in [1.29, 1.82) is 0 Å². The third-order valence-corrected chi connectivity index (χ3v) is 3.97. The zero-order valence-electron chi connectivity index (χ0n) is 10.4. The van der Waals surface area contributed by atoms with Gasteiger partial charge in [0, 0.05) is 18.0 Å². The molecule has 1 N–H and O–H groups in total. The summed E-state index contributed by atoms with van der Waals surface area (Å²) >= 11 is 5.87. The van der Waals surface area contributed by atoms with Crippen LogP contribution in [-0.2, 0) is 5.41 Å². The van der Waals surface area contributed by atoms with Gasteiger partial charge in [-0.15, -0.1) is 0 Å². The minimum absolute atomic E-state index is 0.0424. The first kappa shape index (κ1) is 12.8. The molecule has 1 nitrogen and oxygen atoms in total. The van der Waals surface area contributed by atoms with E-state index in [9.17, 15) is 4.39 Å². The summed E-state index contributed by atoms with van der Waals surface area (Å²) in [5.74, 6) is -0.237. The number of hydrogen-bond acceptors (Lipinski definition) is 1. The van der Waals surface area contributed by atoms with Gasteiger partial charge in [0.25, 0.3) is 0 Å². The fourth-order valence-electron chi connectivity index (χ4n) is 2.46. The van der Waals surface area contributed by atoms with E-state index in [2.05, 4.69) is 19.2 Å². The minimum Gasteiger partial charge on any atom is -0.314 e. The Morgan fingerprint density at radius 1 is 1.41 bits per heavy atom. The quantitative estimate of drug-likeness (QED) is 0.861. The molecule has 0 aromatic heterocycles. The predicted octanol–water partition coefficient (Wildman–Crippen LogP) is 3.90. The van der Waals surface area contributed by atoms with Crippen molar-refractivity contribution in [3.8, 4) is 0 Å². The smallest absolute Gasteiger partial charge is 0.145 e. The van der Waals surface area contributed by atoms with Crippen LogP contribution in [0.25, 0.3) is 0 Å². The lowest BCUT2D eigenvalue weighted by Crippen LogP contribution is -2.46. The van der Waals surface area contributed by atoms with E-state index in [1.807, 2.05) is 12.1 Å². The second kappa shape index (κ2) is 4.95. The standard InChI is InChI=1S/C14H19ClFN/c1-10(2)17-9-14(7-4-8-14)11-5-3-6-12(15)13(11)16/h3,5-6,10,17H,4,7-9H2,1-2H3. The summed E-state index contributed by atoms with van der Waals surface area (Å²) in [4.78, 5) is 0. The fourth-order valence-corrected chi connectivity index (χ4v) is 2.63. The Morgan fingerprint density at radius 2 is 2.12 bits per heavy atom. The van der Waals surface area contributed by atoms with Crippen LogP contribution in [0, 0.1) is 5.82 Å². The maximum absolute atomic E-state index is 14.1. The molecule has 0 atom stereocenters. The van der Waals surface area contributed by atoms with Crippen molar-refractivity contribution in [1.82, 2.24) is 5.32 Å². The van der Waals surface area contributed by atoms with Gasteiger partial charge in [0.15, 0.2) is 0 Å². The Balaban J connectivity index is 2.25. The molecule has 0 saturated heterocycles. The van der Waals surface area contributed by atoms with Crippen molar-refractivity contribution in [3.05, 3.63) is 34.6 Å². The lowest BCUT2D eigenvalue weighted by atomic mass is 9.64. The highest BCUT2D eigenvalue weighted by molar-refractivity contribution is 6.30. The highest BCUT2D eigenvalue weighted by Crippen LogP contribution is 2.45. The van der Waals surface area contributed by atoms with E-state index in [0.29, 0.717) is 6.04 Å². The summed E-state index contributed by atoms with van der Waals surface area (Å²) in [5, 5.41) is 3.66.